The molecule has 0 unspecified atom stereocenters. The van der Waals surface area contributed by atoms with Crippen LogP contribution in [0.2, 0.25) is 0 Å². The predicted octanol–water partition coefficient (Wildman–Crippen LogP) is 4.29. The van der Waals surface area contributed by atoms with Crippen LogP contribution in [0.15, 0.2) is 54.7 Å². The number of rotatable bonds is 8. The minimum absolute atomic E-state index is 0.0667. The molecule has 1 aliphatic heterocycles. The molecular formula is C25H29F2N3O. The van der Waals surface area contributed by atoms with Crippen molar-refractivity contribution in [2.24, 2.45) is 0 Å². The van der Waals surface area contributed by atoms with Gasteiger partial charge in [0, 0.05) is 43.9 Å². The number of benzene rings is 2. The summed E-state index contributed by atoms with van der Waals surface area (Å²) in [5.41, 5.74) is 3.27. The van der Waals surface area contributed by atoms with E-state index in [1.807, 2.05) is 18.2 Å². The number of carbonyl (C=O) groups excluding carboxylic acids is 1. The van der Waals surface area contributed by atoms with E-state index in [-0.39, 0.29) is 24.7 Å². The third-order valence-electron chi connectivity index (χ3n) is 6.15. The summed E-state index contributed by atoms with van der Waals surface area (Å²) in [6.45, 7) is 2.59. The topological polar surface area (TPSA) is 37.3 Å². The highest BCUT2D eigenvalue weighted by Crippen LogP contribution is 2.28. The Morgan fingerprint density at radius 3 is 2.52 bits per heavy atom. The van der Waals surface area contributed by atoms with Crippen molar-refractivity contribution in [1.29, 1.82) is 0 Å². The van der Waals surface area contributed by atoms with Gasteiger partial charge in [0.25, 0.3) is 0 Å². The molecule has 1 N–H and O–H groups in total. The summed E-state index contributed by atoms with van der Waals surface area (Å²) in [4.78, 5) is 14.4. The molecule has 2 heterocycles. The molecule has 1 aliphatic rings. The Hall–Kier alpha value is -2.73. The largest absolute Gasteiger partial charge is 0.353 e. The maximum atomic E-state index is 13.1. The highest BCUT2D eigenvalue weighted by Gasteiger charge is 2.21. The van der Waals surface area contributed by atoms with Gasteiger partial charge in [-0.1, -0.05) is 24.3 Å². The molecule has 1 amide bonds. The zero-order valence-corrected chi connectivity index (χ0v) is 17.7. The lowest BCUT2D eigenvalue weighted by Crippen LogP contribution is -2.35. The number of hydrogen-bond acceptors (Lipinski definition) is 2. The Kier molecular flexibility index (Phi) is 6.97. The molecule has 1 saturated heterocycles. The van der Waals surface area contributed by atoms with Crippen LogP contribution in [0.3, 0.4) is 0 Å². The first-order chi connectivity index (χ1) is 15.1. The van der Waals surface area contributed by atoms with Crippen molar-refractivity contribution in [3.8, 4) is 0 Å². The van der Waals surface area contributed by atoms with Gasteiger partial charge in [0.2, 0.25) is 5.91 Å². The van der Waals surface area contributed by atoms with E-state index in [0.717, 1.165) is 50.0 Å². The second kappa shape index (κ2) is 10.1. The molecule has 6 heteroatoms. The van der Waals surface area contributed by atoms with E-state index < -0.39 is 6.67 Å². The number of alkyl halides is 1. The minimum Gasteiger partial charge on any atom is -0.353 e. The molecule has 4 rings (SSSR count). The summed E-state index contributed by atoms with van der Waals surface area (Å²) in [5, 5.41) is 3.76. The van der Waals surface area contributed by atoms with Gasteiger partial charge >= 0.3 is 0 Å². The van der Waals surface area contributed by atoms with Crippen LogP contribution >= 0.6 is 0 Å². The molecule has 0 radical (unpaired) electrons. The first kappa shape index (κ1) is 21.5. The molecular weight excluding hydrogens is 396 g/mol. The summed E-state index contributed by atoms with van der Waals surface area (Å²) in [6, 6.07) is 15.5. The number of nitrogens with one attached hydrogen (secondary N) is 1. The van der Waals surface area contributed by atoms with Crippen molar-refractivity contribution in [2.75, 3.05) is 32.9 Å². The lowest BCUT2D eigenvalue weighted by Gasteiger charge is -2.33. The average Bonchev–Trinajstić information content (AvgIpc) is 3.21. The number of fused-ring (bicyclic) bond motifs is 1. The number of hydrogen-bond donors (Lipinski definition) is 1. The van der Waals surface area contributed by atoms with Crippen LogP contribution in [-0.4, -0.2) is 48.2 Å². The highest BCUT2D eigenvalue weighted by atomic mass is 19.1. The van der Waals surface area contributed by atoms with Crippen molar-refractivity contribution >= 4 is 16.8 Å². The lowest BCUT2D eigenvalue weighted by molar-refractivity contribution is -0.120. The number of nitrogens with zero attached hydrogens (tertiary/aromatic N) is 2. The molecule has 1 aromatic heterocycles. The van der Waals surface area contributed by atoms with Crippen LogP contribution in [0.4, 0.5) is 8.78 Å². The monoisotopic (exact) mass is 425 g/mol. The molecule has 31 heavy (non-hydrogen) atoms. The van der Waals surface area contributed by atoms with Gasteiger partial charge in [0.05, 0.1) is 6.42 Å². The summed E-state index contributed by atoms with van der Waals surface area (Å²) < 4.78 is 27.7. The molecule has 0 saturated carbocycles. The van der Waals surface area contributed by atoms with E-state index in [2.05, 4.69) is 39.2 Å². The Labute approximate surface area is 181 Å². The van der Waals surface area contributed by atoms with Crippen molar-refractivity contribution < 1.29 is 13.6 Å². The van der Waals surface area contributed by atoms with Crippen LogP contribution in [0.5, 0.6) is 0 Å². The summed E-state index contributed by atoms with van der Waals surface area (Å²) in [7, 11) is 0. The first-order valence-corrected chi connectivity index (χ1v) is 11.0. The van der Waals surface area contributed by atoms with Gasteiger partial charge in [-0.3, -0.25) is 4.79 Å². The van der Waals surface area contributed by atoms with Crippen molar-refractivity contribution in [2.45, 2.75) is 31.7 Å². The van der Waals surface area contributed by atoms with Gasteiger partial charge in [-0.05, 0) is 60.0 Å². The highest BCUT2D eigenvalue weighted by molar-refractivity contribution is 5.84. The molecule has 0 spiro atoms. The second-order valence-electron chi connectivity index (χ2n) is 8.28. The maximum Gasteiger partial charge on any atom is 0.224 e. The SMILES string of the molecule is O=C(Cc1ccc2ccn(C3CCN(CCc4ccc(F)cc4)CC3)c2c1)NCCF. The van der Waals surface area contributed by atoms with E-state index in [4.69, 9.17) is 0 Å². The fourth-order valence-corrected chi connectivity index (χ4v) is 4.42. The second-order valence-corrected chi connectivity index (χ2v) is 8.28. The smallest absolute Gasteiger partial charge is 0.224 e. The average molecular weight is 426 g/mol. The number of piperidine rings is 1. The number of aromatic nitrogens is 1. The lowest BCUT2D eigenvalue weighted by atomic mass is 10.0. The molecule has 3 aromatic rings. The quantitative estimate of drug-likeness (QED) is 0.585. The van der Waals surface area contributed by atoms with Crippen molar-refractivity contribution in [3.05, 3.63) is 71.7 Å². The Morgan fingerprint density at radius 2 is 1.77 bits per heavy atom. The van der Waals surface area contributed by atoms with E-state index >= 15 is 0 Å². The van der Waals surface area contributed by atoms with Gasteiger partial charge in [-0.25, -0.2) is 8.78 Å². The van der Waals surface area contributed by atoms with Crippen molar-refractivity contribution in [3.63, 3.8) is 0 Å². The van der Waals surface area contributed by atoms with Crippen LogP contribution in [0.1, 0.15) is 30.0 Å². The number of carbonyl (C=O) groups is 1. The molecule has 1 fully saturated rings. The predicted molar refractivity (Wildman–Crippen MR) is 119 cm³/mol. The van der Waals surface area contributed by atoms with Gasteiger partial charge in [0.15, 0.2) is 0 Å². The van der Waals surface area contributed by atoms with E-state index in [0.29, 0.717) is 6.04 Å². The Morgan fingerprint density at radius 1 is 1.03 bits per heavy atom. The summed E-state index contributed by atoms with van der Waals surface area (Å²) in [5.74, 6) is -0.336. The first-order valence-electron chi connectivity index (χ1n) is 11.0. The van der Waals surface area contributed by atoms with Crippen molar-refractivity contribution in [1.82, 2.24) is 14.8 Å². The number of halogens is 2. The number of likely N-dealkylation sites (tertiary alicyclic amines) is 1. The van der Waals surface area contributed by atoms with Gasteiger partial charge < -0.3 is 14.8 Å². The van der Waals surface area contributed by atoms with E-state index in [9.17, 15) is 13.6 Å². The fraction of sp³-hybridized carbons (Fsp3) is 0.400. The molecule has 0 bridgehead atoms. The van der Waals surface area contributed by atoms with Crippen LogP contribution in [0.25, 0.3) is 10.9 Å². The third-order valence-corrected chi connectivity index (χ3v) is 6.15. The Balaban J connectivity index is 1.35. The summed E-state index contributed by atoms with van der Waals surface area (Å²) in [6.07, 6.45) is 5.51. The van der Waals surface area contributed by atoms with E-state index in [1.165, 1.54) is 23.1 Å². The molecule has 2 aromatic carbocycles. The van der Waals surface area contributed by atoms with Gasteiger partial charge in [-0.15, -0.1) is 0 Å². The van der Waals surface area contributed by atoms with Crippen LogP contribution in [0, 0.1) is 5.82 Å². The Bertz CT molecular complexity index is 1010. The molecule has 0 atom stereocenters. The zero-order chi connectivity index (χ0) is 21.6. The summed E-state index contributed by atoms with van der Waals surface area (Å²) >= 11 is 0. The third kappa shape index (κ3) is 5.50. The van der Waals surface area contributed by atoms with Gasteiger partial charge in [0.1, 0.15) is 12.5 Å². The van der Waals surface area contributed by atoms with Crippen LogP contribution in [-0.2, 0) is 17.6 Å². The van der Waals surface area contributed by atoms with Gasteiger partial charge in [-0.2, -0.15) is 0 Å². The molecule has 4 nitrogen and oxygen atoms in total. The van der Waals surface area contributed by atoms with E-state index in [1.54, 1.807) is 0 Å². The molecule has 0 aliphatic carbocycles. The number of amides is 1. The minimum atomic E-state index is -0.545. The normalized spacial score (nSPS) is 15.4. The molecule has 164 valence electrons. The zero-order valence-electron chi connectivity index (χ0n) is 17.7. The van der Waals surface area contributed by atoms with Crippen LogP contribution < -0.4 is 5.32 Å². The standard InChI is InChI=1S/C25H29F2N3O/c26-11-12-28-25(31)18-20-1-4-21-8-16-30(24(21)17-20)23-9-14-29(15-10-23)13-7-19-2-5-22(27)6-3-19/h1-6,8,16-17,23H,7,9-15,18H2,(H,28,31). The fourth-order valence-electron chi connectivity index (χ4n) is 4.42. The maximum absolute atomic E-state index is 13.1.